The van der Waals surface area contributed by atoms with E-state index < -0.39 is 0 Å². The van der Waals surface area contributed by atoms with E-state index in [4.69, 9.17) is 22.7 Å². The summed E-state index contributed by atoms with van der Waals surface area (Å²) >= 11 is 4.80. The average molecular weight is 227 g/mol. The Morgan fingerprint density at radius 3 is 2.87 bits per heavy atom. The highest BCUT2D eigenvalue weighted by Crippen LogP contribution is 2.16. The standard InChI is InChI=1S/C11H14FNOS/c1-2-9(7-11(13)15)14-10-5-3-4-8(12)6-10/h3-6,9H,2,7H2,1H3,(H2,13,15). The van der Waals surface area contributed by atoms with Crippen molar-refractivity contribution in [1.82, 2.24) is 0 Å². The highest BCUT2D eigenvalue weighted by molar-refractivity contribution is 7.80. The van der Waals surface area contributed by atoms with Gasteiger partial charge in [0.2, 0.25) is 0 Å². The van der Waals surface area contributed by atoms with Crippen LogP contribution >= 0.6 is 12.2 Å². The van der Waals surface area contributed by atoms with Gasteiger partial charge in [0.05, 0.1) is 4.99 Å². The van der Waals surface area contributed by atoms with Crippen LogP contribution in [0.25, 0.3) is 0 Å². The summed E-state index contributed by atoms with van der Waals surface area (Å²) in [5.41, 5.74) is 5.43. The molecule has 0 radical (unpaired) electrons. The third-order valence-electron chi connectivity index (χ3n) is 1.98. The smallest absolute Gasteiger partial charge is 0.126 e. The van der Waals surface area contributed by atoms with Crippen molar-refractivity contribution in [3.8, 4) is 5.75 Å². The van der Waals surface area contributed by atoms with Gasteiger partial charge >= 0.3 is 0 Å². The Hall–Kier alpha value is -1.16. The van der Waals surface area contributed by atoms with Crippen molar-refractivity contribution in [2.24, 2.45) is 5.73 Å². The van der Waals surface area contributed by atoms with E-state index in [2.05, 4.69) is 0 Å². The zero-order chi connectivity index (χ0) is 11.3. The molecule has 1 aromatic rings. The number of hydrogen-bond acceptors (Lipinski definition) is 2. The molecule has 2 nitrogen and oxygen atoms in total. The van der Waals surface area contributed by atoms with E-state index in [1.165, 1.54) is 12.1 Å². The summed E-state index contributed by atoms with van der Waals surface area (Å²) in [5, 5.41) is 0. The van der Waals surface area contributed by atoms with Crippen LogP contribution in [0.1, 0.15) is 19.8 Å². The Bertz CT molecular complexity index is 343. The van der Waals surface area contributed by atoms with Crippen LogP contribution in [0.2, 0.25) is 0 Å². The van der Waals surface area contributed by atoms with Gasteiger partial charge in [0.1, 0.15) is 17.7 Å². The average Bonchev–Trinajstić information content (AvgIpc) is 2.16. The van der Waals surface area contributed by atoms with Crippen LogP contribution in [0, 0.1) is 5.82 Å². The second kappa shape index (κ2) is 5.66. The second-order valence-corrected chi connectivity index (χ2v) is 3.80. The zero-order valence-electron chi connectivity index (χ0n) is 8.57. The lowest BCUT2D eigenvalue weighted by molar-refractivity contribution is 0.204. The molecule has 1 unspecified atom stereocenters. The number of hydrogen-bond donors (Lipinski definition) is 1. The predicted octanol–water partition coefficient (Wildman–Crippen LogP) is 2.66. The van der Waals surface area contributed by atoms with Crippen molar-refractivity contribution in [3.05, 3.63) is 30.1 Å². The Labute approximate surface area is 94.2 Å². The molecule has 0 aliphatic heterocycles. The minimum Gasteiger partial charge on any atom is -0.490 e. The fourth-order valence-corrected chi connectivity index (χ4v) is 1.41. The van der Waals surface area contributed by atoms with Crippen molar-refractivity contribution < 1.29 is 9.13 Å². The third kappa shape index (κ3) is 4.25. The molecule has 1 atom stereocenters. The highest BCUT2D eigenvalue weighted by atomic mass is 32.1. The molecule has 0 fully saturated rings. The quantitative estimate of drug-likeness (QED) is 0.785. The predicted molar refractivity (Wildman–Crippen MR) is 62.5 cm³/mol. The number of halogens is 1. The van der Waals surface area contributed by atoms with Crippen LogP contribution in [0.5, 0.6) is 5.75 Å². The van der Waals surface area contributed by atoms with Gasteiger partial charge in [-0.3, -0.25) is 0 Å². The van der Waals surface area contributed by atoms with Crippen LogP contribution in [0.3, 0.4) is 0 Å². The Balaban J connectivity index is 2.62. The van der Waals surface area contributed by atoms with Crippen molar-refractivity contribution >= 4 is 17.2 Å². The van der Waals surface area contributed by atoms with Gasteiger partial charge in [-0.25, -0.2) is 4.39 Å². The van der Waals surface area contributed by atoms with Gasteiger partial charge in [-0.2, -0.15) is 0 Å². The Morgan fingerprint density at radius 1 is 1.60 bits per heavy atom. The van der Waals surface area contributed by atoms with Gasteiger partial charge in [0.15, 0.2) is 0 Å². The molecule has 0 saturated carbocycles. The van der Waals surface area contributed by atoms with Crippen LogP contribution < -0.4 is 10.5 Å². The molecule has 0 saturated heterocycles. The van der Waals surface area contributed by atoms with E-state index in [0.29, 0.717) is 17.2 Å². The molecular formula is C11H14FNOS. The summed E-state index contributed by atoms with van der Waals surface area (Å²) in [6.07, 6.45) is 1.22. The zero-order valence-corrected chi connectivity index (χ0v) is 9.39. The van der Waals surface area contributed by atoms with Crippen molar-refractivity contribution in [2.75, 3.05) is 0 Å². The van der Waals surface area contributed by atoms with E-state index in [1.807, 2.05) is 6.92 Å². The fourth-order valence-electron chi connectivity index (χ4n) is 1.23. The van der Waals surface area contributed by atoms with Crippen LogP contribution in [0.15, 0.2) is 24.3 Å². The first-order valence-corrected chi connectivity index (χ1v) is 5.23. The molecule has 0 aliphatic carbocycles. The summed E-state index contributed by atoms with van der Waals surface area (Å²) in [6, 6.07) is 6.05. The highest BCUT2D eigenvalue weighted by Gasteiger charge is 2.09. The molecule has 1 rings (SSSR count). The summed E-state index contributed by atoms with van der Waals surface area (Å²) in [7, 11) is 0. The van der Waals surface area contributed by atoms with Crippen molar-refractivity contribution in [2.45, 2.75) is 25.9 Å². The number of rotatable bonds is 5. The molecule has 0 amide bonds. The summed E-state index contributed by atoms with van der Waals surface area (Å²) < 4.78 is 18.4. The van der Waals surface area contributed by atoms with Crippen molar-refractivity contribution in [3.63, 3.8) is 0 Å². The molecule has 0 heterocycles. The van der Waals surface area contributed by atoms with E-state index in [-0.39, 0.29) is 11.9 Å². The molecule has 82 valence electrons. The van der Waals surface area contributed by atoms with E-state index in [1.54, 1.807) is 12.1 Å². The number of benzene rings is 1. The summed E-state index contributed by atoms with van der Waals surface area (Å²) in [6.45, 7) is 1.97. The fraction of sp³-hybridized carbons (Fsp3) is 0.364. The molecule has 0 spiro atoms. The molecule has 4 heteroatoms. The molecular weight excluding hydrogens is 213 g/mol. The van der Waals surface area contributed by atoms with Crippen LogP contribution in [0.4, 0.5) is 4.39 Å². The van der Waals surface area contributed by atoms with Crippen LogP contribution in [-0.2, 0) is 0 Å². The molecule has 0 aliphatic rings. The molecule has 0 bridgehead atoms. The SMILES string of the molecule is CCC(CC(N)=S)Oc1cccc(F)c1. The van der Waals surface area contributed by atoms with E-state index >= 15 is 0 Å². The minimum absolute atomic E-state index is 0.0794. The molecule has 0 aromatic heterocycles. The topological polar surface area (TPSA) is 35.2 Å². The van der Waals surface area contributed by atoms with Gasteiger partial charge in [-0.15, -0.1) is 0 Å². The molecule has 1 aromatic carbocycles. The molecule has 2 N–H and O–H groups in total. The van der Waals surface area contributed by atoms with Crippen molar-refractivity contribution in [1.29, 1.82) is 0 Å². The monoisotopic (exact) mass is 227 g/mol. The summed E-state index contributed by atoms with van der Waals surface area (Å²) in [5.74, 6) is 0.204. The van der Waals surface area contributed by atoms with E-state index in [9.17, 15) is 4.39 Å². The lowest BCUT2D eigenvalue weighted by atomic mass is 10.2. The van der Waals surface area contributed by atoms with E-state index in [0.717, 1.165) is 6.42 Å². The maximum Gasteiger partial charge on any atom is 0.126 e. The first-order chi connectivity index (χ1) is 7.11. The van der Waals surface area contributed by atoms with Crippen LogP contribution in [-0.4, -0.2) is 11.1 Å². The maximum absolute atomic E-state index is 12.9. The Kier molecular flexibility index (Phi) is 4.49. The first kappa shape index (κ1) is 11.9. The number of nitrogens with two attached hydrogens (primary N) is 1. The van der Waals surface area contributed by atoms with Gasteiger partial charge in [0, 0.05) is 12.5 Å². The van der Waals surface area contributed by atoms with Gasteiger partial charge in [0.25, 0.3) is 0 Å². The largest absolute Gasteiger partial charge is 0.490 e. The van der Waals surface area contributed by atoms with Gasteiger partial charge in [-0.1, -0.05) is 25.2 Å². The van der Waals surface area contributed by atoms with Gasteiger partial charge < -0.3 is 10.5 Å². The normalized spacial score (nSPS) is 12.1. The number of ether oxygens (including phenoxy) is 1. The lowest BCUT2D eigenvalue weighted by Crippen LogP contribution is -2.23. The minimum atomic E-state index is -0.308. The lowest BCUT2D eigenvalue weighted by Gasteiger charge is -2.16. The first-order valence-electron chi connectivity index (χ1n) is 4.82. The molecule has 15 heavy (non-hydrogen) atoms. The summed E-state index contributed by atoms with van der Waals surface area (Å²) in [4.78, 5) is 0.415. The number of thiocarbonyl (C=S) groups is 1. The third-order valence-corrected chi connectivity index (χ3v) is 2.15. The Morgan fingerprint density at radius 2 is 2.33 bits per heavy atom. The van der Waals surface area contributed by atoms with Gasteiger partial charge in [-0.05, 0) is 18.6 Å². The second-order valence-electron chi connectivity index (χ2n) is 3.28. The maximum atomic E-state index is 12.9.